The van der Waals surface area contributed by atoms with Gasteiger partial charge in [-0.2, -0.15) is 0 Å². The van der Waals surface area contributed by atoms with Crippen molar-refractivity contribution in [1.29, 1.82) is 0 Å². The monoisotopic (exact) mass is 255 g/mol. The Bertz CT molecular complexity index is 579. The summed E-state index contributed by atoms with van der Waals surface area (Å²) in [6, 6.07) is 12.5. The van der Waals surface area contributed by atoms with Crippen molar-refractivity contribution < 1.29 is 9.59 Å². The van der Waals surface area contributed by atoms with E-state index < -0.39 is 5.91 Å². The number of nitrogens with two attached hydrogens (primary N) is 1. The Morgan fingerprint density at radius 3 is 2.42 bits per heavy atom. The van der Waals surface area contributed by atoms with E-state index in [1.165, 1.54) is 18.3 Å². The van der Waals surface area contributed by atoms with Crippen LogP contribution in [0.15, 0.2) is 48.7 Å². The van der Waals surface area contributed by atoms with Crippen molar-refractivity contribution in [3.05, 3.63) is 65.5 Å². The van der Waals surface area contributed by atoms with E-state index in [-0.39, 0.29) is 11.6 Å². The third kappa shape index (κ3) is 3.38. The van der Waals surface area contributed by atoms with Gasteiger partial charge in [-0.1, -0.05) is 30.3 Å². The van der Waals surface area contributed by atoms with Crippen LogP contribution in [0, 0.1) is 0 Å². The summed E-state index contributed by atoms with van der Waals surface area (Å²) in [5, 5.41) is 2.77. The molecule has 0 radical (unpaired) electrons. The number of amides is 2. The Labute approximate surface area is 110 Å². The summed E-state index contributed by atoms with van der Waals surface area (Å²) in [5.74, 6) is -0.858. The molecule has 5 heteroatoms. The Balaban J connectivity index is 1.98. The molecule has 0 bridgehead atoms. The molecular weight excluding hydrogens is 242 g/mol. The van der Waals surface area contributed by atoms with E-state index >= 15 is 0 Å². The van der Waals surface area contributed by atoms with E-state index in [4.69, 9.17) is 5.73 Å². The van der Waals surface area contributed by atoms with Crippen molar-refractivity contribution in [2.24, 2.45) is 5.73 Å². The minimum Gasteiger partial charge on any atom is -0.364 e. The molecule has 0 saturated carbocycles. The van der Waals surface area contributed by atoms with Gasteiger partial charge in [0, 0.05) is 12.7 Å². The molecule has 5 nitrogen and oxygen atoms in total. The van der Waals surface area contributed by atoms with Gasteiger partial charge in [-0.25, -0.2) is 0 Å². The third-order valence-electron chi connectivity index (χ3n) is 2.57. The Morgan fingerprint density at radius 2 is 1.84 bits per heavy atom. The van der Waals surface area contributed by atoms with E-state index in [2.05, 4.69) is 10.3 Å². The quantitative estimate of drug-likeness (QED) is 0.858. The van der Waals surface area contributed by atoms with Gasteiger partial charge >= 0.3 is 0 Å². The predicted octanol–water partition coefficient (Wildman–Crippen LogP) is 1.11. The topological polar surface area (TPSA) is 85.1 Å². The fraction of sp³-hybridized carbons (Fsp3) is 0.0714. The first-order valence-corrected chi connectivity index (χ1v) is 5.75. The first-order chi connectivity index (χ1) is 9.16. The van der Waals surface area contributed by atoms with Crippen LogP contribution in [0.2, 0.25) is 0 Å². The predicted molar refractivity (Wildman–Crippen MR) is 70.4 cm³/mol. The summed E-state index contributed by atoms with van der Waals surface area (Å²) in [5.41, 5.74) is 6.61. The van der Waals surface area contributed by atoms with Crippen LogP contribution in [-0.2, 0) is 6.54 Å². The van der Waals surface area contributed by atoms with Gasteiger partial charge in [-0.05, 0) is 17.7 Å². The number of nitrogens with zero attached hydrogens (tertiary/aromatic N) is 1. The summed E-state index contributed by atoms with van der Waals surface area (Å²) in [7, 11) is 0. The number of carbonyl (C=O) groups is 2. The highest BCUT2D eigenvalue weighted by Gasteiger charge is 2.07. The Hall–Kier alpha value is -2.69. The Morgan fingerprint density at radius 1 is 1.11 bits per heavy atom. The molecule has 3 N–H and O–H groups in total. The van der Waals surface area contributed by atoms with Crippen LogP contribution >= 0.6 is 0 Å². The molecule has 96 valence electrons. The zero-order valence-electron chi connectivity index (χ0n) is 10.2. The lowest BCUT2D eigenvalue weighted by atomic mass is 10.2. The van der Waals surface area contributed by atoms with Gasteiger partial charge in [0.1, 0.15) is 5.69 Å². The third-order valence-corrected chi connectivity index (χ3v) is 2.57. The number of hydrogen-bond donors (Lipinski definition) is 2. The average Bonchev–Trinajstić information content (AvgIpc) is 2.46. The number of rotatable bonds is 4. The molecule has 1 heterocycles. The molecule has 19 heavy (non-hydrogen) atoms. The SMILES string of the molecule is NC(=O)c1ccc(C(=O)NCc2ccccc2)cn1. The van der Waals surface area contributed by atoms with Gasteiger partial charge in [0.15, 0.2) is 0 Å². The van der Waals surface area contributed by atoms with Crippen LogP contribution in [0.3, 0.4) is 0 Å². The minimum atomic E-state index is -0.615. The summed E-state index contributed by atoms with van der Waals surface area (Å²) in [4.78, 5) is 26.5. The molecule has 0 unspecified atom stereocenters. The molecule has 2 rings (SSSR count). The lowest BCUT2D eigenvalue weighted by Gasteiger charge is -2.05. The summed E-state index contributed by atoms with van der Waals surface area (Å²) in [6.07, 6.45) is 1.33. The highest BCUT2D eigenvalue weighted by atomic mass is 16.2. The highest BCUT2D eigenvalue weighted by molar-refractivity contribution is 5.95. The van der Waals surface area contributed by atoms with Crippen molar-refractivity contribution >= 4 is 11.8 Å². The van der Waals surface area contributed by atoms with Gasteiger partial charge in [0.05, 0.1) is 5.56 Å². The molecule has 0 aliphatic heterocycles. The zero-order valence-corrected chi connectivity index (χ0v) is 10.2. The van der Waals surface area contributed by atoms with Crippen molar-refractivity contribution in [3.63, 3.8) is 0 Å². The fourth-order valence-electron chi connectivity index (χ4n) is 1.55. The molecule has 1 aromatic heterocycles. The van der Waals surface area contributed by atoms with Crippen LogP contribution in [0.25, 0.3) is 0 Å². The zero-order chi connectivity index (χ0) is 13.7. The average molecular weight is 255 g/mol. The van der Waals surface area contributed by atoms with Gasteiger partial charge in [0.25, 0.3) is 11.8 Å². The lowest BCUT2D eigenvalue weighted by molar-refractivity contribution is 0.0947. The molecule has 0 fully saturated rings. The number of aromatic nitrogens is 1. The lowest BCUT2D eigenvalue weighted by Crippen LogP contribution is -2.23. The second-order valence-corrected chi connectivity index (χ2v) is 3.96. The molecule has 0 spiro atoms. The van der Waals surface area contributed by atoms with E-state index in [9.17, 15) is 9.59 Å². The number of carbonyl (C=O) groups excluding carboxylic acids is 2. The van der Waals surface area contributed by atoms with Crippen molar-refractivity contribution in [3.8, 4) is 0 Å². The van der Waals surface area contributed by atoms with Crippen LogP contribution in [-0.4, -0.2) is 16.8 Å². The van der Waals surface area contributed by atoms with Gasteiger partial charge in [-0.15, -0.1) is 0 Å². The van der Waals surface area contributed by atoms with E-state index in [0.29, 0.717) is 12.1 Å². The second-order valence-electron chi connectivity index (χ2n) is 3.96. The molecule has 0 aliphatic carbocycles. The van der Waals surface area contributed by atoms with Gasteiger partial charge in [0.2, 0.25) is 0 Å². The summed E-state index contributed by atoms with van der Waals surface area (Å²) >= 11 is 0. The van der Waals surface area contributed by atoms with Crippen LogP contribution in [0.1, 0.15) is 26.4 Å². The maximum Gasteiger partial charge on any atom is 0.267 e. The van der Waals surface area contributed by atoms with Gasteiger partial charge in [-0.3, -0.25) is 14.6 Å². The van der Waals surface area contributed by atoms with E-state index in [1.807, 2.05) is 30.3 Å². The van der Waals surface area contributed by atoms with E-state index in [0.717, 1.165) is 5.56 Å². The molecule has 2 amide bonds. The van der Waals surface area contributed by atoms with Crippen LogP contribution in [0.5, 0.6) is 0 Å². The minimum absolute atomic E-state index is 0.139. The molecular formula is C14H13N3O2. The molecule has 0 aliphatic rings. The van der Waals surface area contributed by atoms with Crippen molar-refractivity contribution in [1.82, 2.24) is 10.3 Å². The number of benzene rings is 1. The first kappa shape index (κ1) is 12.8. The van der Waals surface area contributed by atoms with Crippen molar-refractivity contribution in [2.75, 3.05) is 0 Å². The highest BCUT2D eigenvalue weighted by Crippen LogP contribution is 2.02. The number of hydrogen-bond acceptors (Lipinski definition) is 3. The summed E-state index contributed by atoms with van der Waals surface area (Å²) in [6.45, 7) is 0.442. The molecule has 0 saturated heterocycles. The number of primary amides is 1. The number of pyridine rings is 1. The smallest absolute Gasteiger partial charge is 0.267 e. The largest absolute Gasteiger partial charge is 0.364 e. The molecule has 2 aromatic rings. The normalized spacial score (nSPS) is 9.89. The first-order valence-electron chi connectivity index (χ1n) is 5.75. The van der Waals surface area contributed by atoms with Crippen molar-refractivity contribution in [2.45, 2.75) is 6.54 Å². The number of nitrogens with one attached hydrogen (secondary N) is 1. The maximum absolute atomic E-state index is 11.8. The summed E-state index contributed by atoms with van der Waals surface area (Å²) < 4.78 is 0. The van der Waals surface area contributed by atoms with E-state index in [1.54, 1.807) is 0 Å². The Kier molecular flexibility index (Phi) is 3.87. The van der Waals surface area contributed by atoms with Crippen LogP contribution in [0.4, 0.5) is 0 Å². The standard InChI is InChI=1S/C14H13N3O2/c15-13(18)12-7-6-11(9-16-12)14(19)17-8-10-4-2-1-3-5-10/h1-7,9H,8H2,(H2,15,18)(H,17,19). The second kappa shape index (κ2) is 5.77. The molecule has 1 aromatic carbocycles. The van der Waals surface area contributed by atoms with Crippen LogP contribution < -0.4 is 11.1 Å². The fourth-order valence-corrected chi connectivity index (χ4v) is 1.55. The maximum atomic E-state index is 11.8. The van der Waals surface area contributed by atoms with Gasteiger partial charge < -0.3 is 11.1 Å². The molecule has 0 atom stereocenters.